The maximum absolute atomic E-state index is 14.5. The smallest absolute Gasteiger partial charge is 0.418 e. The number of hydrogen-bond donors (Lipinski definition) is 0. The Hall–Kier alpha value is -8.03. The second-order valence-electron chi connectivity index (χ2n) is 20.0. The number of aryl methyl sites for hydroxylation is 6. The molecule has 13 aromatic rings. The molecule has 0 spiro atoms. The summed E-state index contributed by atoms with van der Waals surface area (Å²) in [5.41, 5.74) is 13.7. The summed E-state index contributed by atoms with van der Waals surface area (Å²) in [6.07, 6.45) is 11.5. The van der Waals surface area contributed by atoms with E-state index in [1.165, 1.54) is 49.8 Å². The molecule has 0 atom stereocenters. The standard InChI is InChI=1S/C33H28N2O3P.C21H14ClO2P.C12H14N2.ClH/c1-22-18-23(2)33(24(3)19-22)35-17-16-34(20-35)21-39(36)37-29-14-12-25-8-4-6-10-27(25)31(29)32-28-11-7-5-9-26(28)13-15-30(32)38-39;22-13-25-23-18-11-9-14-5-1-3-7-16(14)20(18)21-17-8-4-2-6-15(17)10-12-19(21)24-25;1-9-6-10(2)12(11(3)7-9)14-5-4-13-8-14;/h4-20H,21H2,1-3H3;1-12H,13H2;4-8H,1-3H3;1H/q+1;;;. The highest BCUT2D eigenvalue weighted by Crippen LogP contribution is 2.59. The summed E-state index contributed by atoms with van der Waals surface area (Å²) in [4.78, 5) is 4.07. The molecule has 0 fully saturated rings. The van der Waals surface area contributed by atoms with Gasteiger partial charge in [-0.05, 0) is 131 Å². The molecule has 9 nitrogen and oxygen atoms in total. The molecule has 0 bridgehead atoms. The topological polar surface area (TPSA) is 88.4 Å². The van der Waals surface area contributed by atoms with Gasteiger partial charge in [0.25, 0.3) is 0 Å². The van der Waals surface area contributed by atoms with Crippen LogP contribution in [0.2, 0.25) is 0 Å². The second kappa shape index (κ2) is 22.0. The molecule has 0 N–H and O–H groups in total. The van der Waals surface area contributed by atoms with Gasteiger partial charge in [0.15, 0.2) is 0 Å². The zero-order chi connectivity index (χ0) is 53.7. The van der Waals surface area contributed by atoms with E-state index < -0.39 is 15.6 Å². The number of alkyl halides is 1. The highest BCUT2D eigenvalue weighted by molar-refractivity contribution is 7.53. The molecule has 0 saturated heterocycles. The predicted octanol–water partition coefficient (Wildman–Crippen LogP) is 19.3. The zero-order valence-electron chi connectivity index (χ0n) is 44.6. The van der Waals surface area contributed by atoms with E-state index in [0.29, 0.717) is 17.1 Å². The van der Waals surface area contributed by atoms with Crippen molar-refractivity contribution in [2.75, 3.05) is 0 Å². The van der Waals surface area contributed by atoms with Crippen molar-refractivity contribution < 1.29 is 26.6 Å². The summed E-state index contributed by atoms with van der Waals surface area (Å²) >= 11 is 6.10. The first-order valence-electron chi connectivity index (χ1n) is 25.9. The van der Waals surface area contributed by atoms with Gasteiger partial charge in [0.05, 0.1) is 12.0 Å². The van der Waals surface area contributed by atoms with Gasteiger partial charge < -0.3 is 22.0 Å². The molecular weight excluding hydrogens is 1060 g/mol. The fourth-order valence-corrected chi connectivity index (χ4v) is 14.2. The first kappa shape index (κ1) is 53.0. The molecule has 13 heteroatoms. The van der Waals surface area contributed by atoms with E-state index in [1.54, 1.807) is 6.20 Å². The van der Waals surface area contributed by atoms with E-state index in [9.17, 15) is 4.57 Å². The maximum Gasteiger partial charge on any atom is 0.472 e. The van der Waals surface area contributed by atoms with E-state index in [0.717, 1.165) is 71.1 Å². The first-order valence-corrected chi connectivity index (χ1v) is 29.5. The average molecular weight is 1120 g/mol. The molecule has 0 saturated carbocycles. The largest absolute Gasteiger partial charge is 0.472 e. The lowest BCUT2D eigenvalue weighted by molar-refractivity contribution is -0.678. The van der Waals surface area contributed by atoms with Crippen molar-refractivity contribution in [3.63, 3.8) is 0 Å². The first-order chi connectivity index (χ1) is 37.9. The quantitative estimate of drug-likeness (QED) is 0.0969. The van der Waals surface area contributed by atoms with Gasteiger partial charge in [0.2, 0.25) is 20.6 Å². The summed E-state index contributed by atoms with van der Waals surface area (Å²) in [5.74, 6) is 1.13. The van der Waals surface area contributed by atoms with Gasteiger partial charge in [-0.1, -0.05) is 157 Å². The van der Waals surface area contributed by atoms with Crippen LogP contribution in [-0.2, 0) is 16.5 Å². The minimum atomic E-state index is -3.66. The van der Waals surface area contributed by atoms with E-state index in [1.807, 2.05) is 96.5 Å². The van der Waals surface area contributed by atoms with Crippen molar-refractivity contribution in [1.82, 2.24) is 14.1 Å². The lowest BCUT2D eigenvalue weighted by Crippen LogP contribution is -2.32. The van der Waals surface area contributed by atoms with Crippen LogP contribution in [0, 0.1) is 41.5 Å². The second-order valence-corrected chi connectivity index (χ2v) is 23.9. The number of imidazole rings is 2. The monoisotopic (exact) mass is 1120 g/mol. The van der Waals surface area contributed by atoms with E-state index in [2.05, 4.69) is 165 Å². The van der Waals surface area contributed by atoms with Gasteiger partial charge in [-0.15, -0.1) is 24.0 Å². The molecule has 0 radical (unpaired) electrons. The number of aromatic nitrogens is 4. The van der Waals surface area contributed by atoms with Gasteiger partial charge in [-0.2, -0.15) is 0 Å². The van der Waals surface area contributed by atoms with Crippen LogP contribution in [0.1, 0.15) is 33.4 Å². The molecule has 394 valence electrons. The van der Waals surface area contributed by atoms with Crippen LogP contribution >= 0.6 is 39.6 Å². The summed E-state index contributed by atoms with van der Waals surface area (Å²) < 4.78 is 45.5. The van der Waals surface area contributed by atoms with Crippen molar-refractivity contribution in [2.24, 2.45) is 0 Å². The number of rotatable bonds is 5. The van der Waals surface area contributed by atoms with Crippen LogP contribution in [-0.4, -0.2) is 14.1 Å². The van der Waals surface area contributed by atoms with E-state index in [4.69, 9.17) is 29.0 Å². The Bertz CT molecular complexity index is 4320. The Morgan fingerprint density at radius 1 is 0.532 bits per heavy atom. The van der Waals surface area contributed by atoms with Crippen LogP contribution in [0.5, 0.6) is 11.5 Å². The predicted molar refractivity (Wildman–Crippen MR) is 328 cm³/mol. The third-order valence-electron chi connectivity index (χ3n) is 14.4. The third kappa shape index (κ3) is 10.3. The minimum Gasteiger partial charge on any atom is -0.418 e. The van der Waals surface area contributed by atoms with Crippen LogP contribution in [0.15, 0.2) is 216 Å². The SMILES string of the molecule is Cc1cc(C)c(-n2cc[n+](CP3(=O)Oc4ccc5ccccc5c4-c4c(ccc5ccccc45)O3)c2)c(C)c1.Cc1cc(C)c(-n2ccnc2)c(C)c1.Cl.ClCp1oc2ccc3ccccc3c2c2c(ccc3ccccc32)o1. The average Bonchev–Trinajstić information content (AvgIpc) is 4.33. The van der Waals surface area contributed by atoms with Gasteiger partial charge >= 0.3 is 7.60 Å². The Kier molecular flexibility index (Phi) is 14.8. The van der Waals surface area contributed by atoms with Crippen LogP contribution < -0.4 is 13.6 Å². The molecule has 4 heterocycles. The van der Waals surface area contributed by atoms with Gasteiger partial charge in [0.1, 0.15) is 46.4 Å². The van der Waals surface area contributed by atoms with E-state index >= 15 is 0 Å². The Labute approximate surface area is 470 Å². The molecule has 1 aliphatic heterocycles. The number of hydrogen-bond acceptors (Lipinski definition) is 6. The highest BCUT2D eigenvalue weighted by Gasteiger charge is 2.38. The van der Waals surface area contributed by atoms with Crippen molar-refractivity contribution in [3.05, 3.63) is 241 Å². The Morgan fingerprint density at radius 3 is 1.39 bits per heavy atom. The molecule has 10 aromatic carbocycles. The van der Waals surface area contributed by atoms with Crippen LogP contribution in [0.3, 0.4) is 0 Å². The fourth-order valence-electron chi connectivity index (χ4n) is 11.4. The molecule has 14 rings (SSSR count). The molecular formula is C66H57Cl2N4O5P2+. The van der Waals surface area contributed by atoms with Crippen LogP contribution in [0.4, 0.5) is 0 Å². The molecule has 3 aromatic heterocycles. The van der Waals surface area contributed by atoms with Gasteiger partial charge in [-0.25, -0.2) is 18.7 Å². The van der Waals surface area contributed by atoms with Gasteiger partial charge in [0, 0.05) is 34.3 Å². The molecule has 79 heavy (non-hydrogen) atoms. The molecule has 0 amide bonds. The van der Waals surface area contributed by atoms with Crippen molar-refractivity contribution in [1.29, 1.82) is 0 Å². The van der Waals surface area contributed by atoms with Crippen molar-refractivity contribution in [3.8, 4) is 34.0 Å². The number of nitrogens with zero attached hydrogens (tertiary/aromatic N) is 4. The number of halogens is 2. The molecule has 0 unspecified atom stereocenters. The number of fused-ring (bicyclic) bond motifs is 14. The minimum absolute atomic E-state index is 0. The summed E-state index contributed by atoms with van der Waals surface area (Å²) in [6, 6.07) is 58.0. The van der Waals surface area contributed by atoms with E-state index in [-0.39, 0.29) is 18.7 Å². The number of benzene rings is 10. The lowest BCUT2D eigenvalue weighted by Gasteiger charge is -2.16. The van der Waals surface area contributed by atoms with Gasteiger partial charge in [-0.3, -0.25) is 0 Å². The van der Waals surface area contributed by atoms with Crippen molar-refractivity contribution >= 4 is 105 Å². The zero-order valence-corrected chi connectivity index (χ0v) is 47.9. The lowest BCUT2D eigenvalue weighted by atomic mass is 9.92. The summed E-state index contributed by atoms with van der Waals surface area (Å²) in [7, 11) is -4.87. The fraction of sp³-hybridized carbons (Fsp3) is 0.121. The maximum atomic E-state index is 14.5. The molecule has 1 aliphatic rings. The summed E-state index contributed by atoms with van der Waals surface area (Å²) in [6.45, 7) is 12.7. The highest BCUT2D eigenvalue weighted by atomic mass is 35.5. The van der Waals surface area contributed by atoms with Crippen LogP contribution in [0.25, 0.3) is 87.5 Å². The summed E-state index contributed by atoms with van der Waals surface area (Å²) in [5, 5.41) is 11.1. The molecule has 0 aliphatic carbocycles. The Morgan fingerprint density at radius 2 is 0.949 bits per heavy atom. The normalized spacial score (nSPS) is 12.3. The van der Waals surface area contributed by atoms with Crippen molar-refractivity contribution in [2.45, 2.75) is 53.4 Å². The third-order valence-corrected chi connectivity index (χ3v) is 17.6. The Balaban J connectivity index is 0.000000140.